The van der Waals surface area contributed by atoms with Gasteiger partial charge in [0, 0.05) is 12.7 Å². The van der Waals surface area contributed by atoms with Gasteiger partial charge in [-0.3, -0.25) is 9.78 Å². The number of pyridine rings is 1. The minimum atomic E-state index is 0.0588. The zero-order valence-corrected chi connectivity index (χ0v) is 11.5. The third-order valence-electron chi connectivity index (χ3n) is 3.76. The number of para-hydroxylation sites is 1. The highest BCUT2D eigenvalue weighted by molar-refractivity contribution is 5.99. The standard InChI is InChI=1S/C16H17N3O/c1-11-4-3-8-18-14(11)10-15(20)19-9-7-12-5-2-6-13(17)16(12)19/h2-6,8H,7,9-10,17H2,1H3. The van der Waals surface area contributed by atoms with E-state index in [1.807, 2.05) is 37.3 Å². The Morgan fingerprint density at radius 3 is 3.00 bits per heavy atom. The summed E-state index contributed by atoms with van der Waals surface area (Å²) in [6.07, 6.45) is 2.91. The van der Waals surface area contributed by atoms with Crippen molar-refractivity contribution < 1.29 is 4.79 Å². The molecule has 0 spiro atoms. The van der Waals surface area contributed by atoms with Crippen LogP contribution < -0.4 is 10.6 Å². The van der Waals surface area contributed by atoms with Crippen molar-refractivity contribution in [1.82, 2.24) is 4.98 Å². The molecule has 0 saturated carbocycles. The third-order valence-corrected chi connectivity index (χ3v) is 3.76. The quantitative estimate of drug-likeness (QED) is 0.848. The van der Waals surface area contributed by atoms with Gasteiger partial charge in [0.15, 0.2) is 0 Å². The highest BCUT2D eigenvalue weighted by Gasteiger charge is 2.26. The molecule has 20 heavy (non-hydrogen) atoms. The van der Waals surface area contributed by atoms with Crippen molar-refractivity contribution in [3.05, 3.63) is 53.3 Å². The first-order valence-corrected chi connectivity index (χ1v) is 6.75. The monoisotopic (exact) mass is 267 g/mol. The molecule has 4 nitrogen and oxygen atoms in total. The van der Waals surface area contributed by atoms with Crippen molar-refractivity contribution in [2.75, 3.05) is 17.2 Å². The number of rotatable bonds is 2. The summed E-state index contributed by atoms with van der Waals surface area (Å²) in [6.45, 7) is 2.68. The van der Waals surface area contributed by atoms with E-state index in [1.165, 1.54) is 0 Å². The molecule has 2 N–H and O–H groups in total. The maximum absolute atomic E-state index is 12.5. The molecule has 2 heterocycles. The first kappa shape index (κ1) is 12.7. The average molecular weight is 267 g/mol. The molecule has 0 fully saturated rings. The van der Waals surface area contributed by atoms with Crippen LogP contribution in [0, 0.1) is 6.92 Å². The fourth-order valence-corrected chi connectivity index (χ4v) is 2.68. The van der Waals surface area contributed by atoms with Crippen LogP contribution in [0.1, 0.15) is 16.8 Å². The van der Waals surface area contributed by atoms with Gasteiger partial charge in [0.05, 0.1) is 23.5 Å². The number of nitrogen functional groups attached to an aromatic ring is 1. The zero-order valence-electron chi connectivity index (χ0n) is 11.5. The predicted molar refractivity (Wildman–Crippen MR) is 79.6 cm³/mol. The molecule has 2 aromatic rings. The number of hydrogen-bond donors (Lipinski definition) is 1. The Morgan fingerprint density at radius 2 is 2.20 bits per heavy atom. The molecule has 1 aliphatic heterocycles. The van der Waals surface area contributed by atoms with Gasteiger partial charge in [0.2, 0.25) is 5.91 Å². The maximum atomic E-state index is 12.5. The van der Waals surface area contributed by atoms with Crippen molar-refractivity contribution >= 4 is 17.3 Å². The zero-order chi connectivity index (χ0) is 14.1. The van der Waals surface area contributed by atoms with Gasteiger partial charge in [-0.1, -0.05) is 18.2 Å². The first-order valence-electron chi connectivity index (χ1n) is 6.75. The smallest absolute Gasteiger partial charge is 0.233 e. The molecular weight excluding hydrogens is 250 g/mol. The van der Waals surface area contributed by atoms with Crippen LogP contribution in [-0.2, 0) is 17.6 Å². The number of benzene rings is 1. The van der Waals surface area contributed by atoms with Crippen LogP contribution >= 0.6 is 0 Å². The van der Waals surface area contributed by atoms with E-state index >= 15 is 0 Å². The van der Waals surface area contributed by atoms with E-state index in [-0.39, 0.29) is 5.91 Å². The molecule has 0 unspecified atom stereocenters. The minimum Gasteiger partial charge on any atom is -0.397 e. The topological polar surface area (TPSA) is 59.2 Å². The number of amides is 1. The van der Waals surface area contributed by atoms with Crippen LogP contribution in [0.3, 0.4) is 0 Å². The van der Waals surface area contributed by atoms with Gasteiger partial charge in [-0.25, -0.2) is 0 Å². The van der Waals surface area contributed by atoms with Crippen LogP contribution in [0.25, 0.3) is 0 Å². The summed E-state index contributed by atoms with van der Waals surface area (Å²) in [4.78, 5) is 18.6. The molecule has 0 radical (unpaired) electrons. The van der Waals surface area contributed by atoms with E-state index in [0.717, 1.165) is 28.9 Å². The van der Waals surface area contributed by atoms with Crippen LogP contribution in [-0.4, -0.2) is 17.4 Å². The lowest BCUT2D eigenvalue weighted by Crippen LogP contribution is -2.31. The van der Waals surface area contributed by atoms with Gasteiger partial charge in [-0.15, -0.1) is 0 Å². The second-order valence-electron chi connectivity index (χ2n) is 5.09. The molecule has 0 atom stereocenters. The summed E-state index contributed by atoms with van der Waals surface area (Å²) in [7, 11) is 0. The third kappa shape index (κ3) is 2.13. The van der Waals surface area contributed by atoms with Crippen LogP contribution in [0.5, 0.6) is 0 Å². The molecule has 4 heteroatoms. The van der Waals surface area contributed by atoms with Crippen LogP contribution in [0.15, 0.2) is 36.5 Å². The van der Waals surface area contributed by atoms with Gasteiger partial charge in [0.1, 0.15) is 0 Å². The molecule has 0 saturated heterocycles. The SMILES string of the molecule is Cc1cccnc1CC(=O)N1CCc2cccc(N)c21. The van der Waals surface area contributed by atoms with Crippen molar-refractivity contribution in [3.8, 4) is 0 Å². The number of aromatic nitrogens is 1. The van der Waals surface area contributed by atoms with Crippen LogP contribution in [0.4, 0.5) is 11.4 Å². The lowest BCUT2D eigenvalue weighted by molar-refractivity contribution is -0.117. The largest absolute Gasteiger partial charge is 0.397 e. The summed E-state index contributed by atoms with van der Waals surface area (Å²) >= 11 is 0. The predicted octanol–water partition coefficient (Wildman–Crippen LogP) is 2.10. The lowest BCUT2D eigenvalue weighted by atomic mass is 10.1. The molecule has 102 valence electrons. The molecule has 0 aliphatic carbocycles. The van der Waals surface area contributed by atoms with Gasteiger partial charge >= 0.3 is 0 Å². The number of carbonyl (C=O) groups is 1. The van der Waals surface area contributed by atoms with Crippen LogP contribution in [0.2, 0.25) is 0 Å². The average Bonchev–Trinajstić information content (AvgIpc) is 2.87. The minimum absolute atomic E-state index is 0.0588. The Labute approximate surface area is 118 Å². The number of aryl methyl sites for hydroxylation is 1. The number of hydrogen-bond acceptors (Lipinski definition) is 3. The van der Waals surface area contributed by atoms with E-state index in [4.69, 9.17) is 5.73 Å². The summed E-state index contributed by atoms with van der Waals surface area (Å²) in [5.74, 6) is 0.0588. The highest BCUT2D eigenvalue weighted by atomic mass is 16.2. The Morgan fingerprint density at radius 1 is 1.35 bits per heavy atom. The van der Waals surface area contributed by atoms with Crippen molar-refractivity contribution in [2.24, 2.45) is 0 Å². The second kappa shape index (κ2) is 4.96. The fraction of sp³-hybridized carbons (Fsp3) is 0.250. The van der Waals surface area contributed by atoms with E-state index < -0.39 is 0 Å². The van der Waals surface area contributed by atoms with Gasteiger partial charge < -0.3 is 10.6 Å². The van der Waals surface area contributed by atoms with E-state index in [0.29, 0.717) is 18.7 Å². The van der Waals surface area contributed by atoms with Gasteiger partial charge in [-0.05, 0) is 36.6 Å². The first-order chi connectivity index (χ1) is 9.66. The van der Waals surface area contributed by atoms with Gasteiger partial charge in [0.25, 0.3) is 0 Å². The fourth-order valence-electron chi connectivity index (χ4n) is 2.68. The van der Waals surface area contributed by atoms with E-state index in [2.05, 4.69) is 4.98 Å². The molecule has 1 aromatic heterocycles. The molecule has 0 bridgehead atoms. The Bertz CT molecular complexity index is 667. The number of anilines is 2. The molecule has 1 aromatic carbocycles. The Balaban J connectivity index is 1.86. The molecule has 1 aliphatic rings. The maximum Gasteiger partial charge on any atom is 0.233 e. The normalized spacial score (nSPS) is 13.3. The number of nitrogens with zero attached hydrogens (tertiary/aromatic N) is 2. The van der Waals surface area contributed by atoms with Crippen molar-refractivity contribution in [1.29, 1.82) is 0 Å². The summed E-state index contributed by atoms with van der Waals surface area (Å²) in [6, 6.07) is 9.67. The van der Waals surface area contributed by atoms with Crippen molar-refractivity contribution in [3.63, 3.8) is 0 Å². The van der Waals surface area contributed by atoms with E-state index in [1.54, 1.807) is 11.1 Å². The number of nitrogens with two attached hydrogens (primary N) is 1. The number of carbonyl (C=O) groups excluding carboxylic acids is 1. The lowest BCUT2D eigenvalue weighted by Gasteiger charge is -2.19. The summed E-state index contributed by atoms with van der Waals surface area (Å²) in [5, 5.41) is 0. The molecule has 1 amide bonds. The Kier molecular flexibility index (Phi) is 3.14. The summed E-state index contributed by atoms with van der Waals surface area (Å²) in [5.41, 5.74) is 10.6. The van der Waals surface area contributed by atoms with Gasteiger partial charge in [-0.2, -0.15) is 0 Å². The van der Waals surface area contributed by atoms with Crippen molar-refractivity contribution in [2.45, 2.75) is 19.8 Å². The molecular formula is C16H17N3O. The summed E-state index contributed by atoms with van der Waals surface area (Å²) < 4.78 is 0. The Hall–Kier alpha value is -2.36. The number of fused-ring (bicyclic) bond motifs is 1. The van der Waals surface area contributed by atoms with E-state index in [9.17, 15) is 4.79 Å². The molecule has 3 rings (SSSR count). The highest BCUT2D eigenvalue weighted by Crippen LogP contribution is 2.33. The second-order valence-corrected chi connectivity index (χ2v) is 5.09.